The highest BCUT2D eigenvalue weighted by atomic mass is 16.2. The normalized spacial score (nSPS) is 10.9. The SMILES string of the molecule is CN(C)CCN(Cc1cccnc1)C(=O)Nc1cccc2ccccc12. The Bertz CT molecular complexity index is 859. The number of hydrogen-bond donors (Lipinski definition) is 1. The molecule has 0 unspecified atom stereocenters. The third-order valence-corrected chi connectivity index (χ3v) is 4.23. The lowest BCUT2D eigenvalue weighted by atomic mass is 10.1. The van der Waals surface area contributed by atoms with Gasteiger partial charge in [0.05, 0.1) is 5.69 Å². The van der Waals surface area contributed by atoms with Gasteiger partial charge >= 0.3 is 6.03 Å². The van der Waals surface area contributed by atoms with Gasteiger partial charge in [0.1, 0.15) is 0 Å². The molecule has 5 heteroatoms. The summed E-state index contributed by atoms with van der Waals surface area (Å²) in [5, 5.41) is 5.22. The largest absolute Gasteiger partial charge is 0.322 e. The van der Waals surface area contributed by atoms with Crippen LogP contribution in [-0.4, -0.2) is 48.0 Å². The number of amides is 2. The number of nitrogens with one attached hydrogen (secondary N) is 1. The van der Waals surface area contributed by atoms with Crippen LogP contribution in [0.1, 0.15) is 5.56 Å². The van der Waals surface area contributed by atoms with E-state index >= 15 is 0 Å². The quantitative estimate of drug-likeness (QED) is 0.736. The summed E-state index contributed by atoms with van der Waals surface area (Å²) in [6, 6.07) is 17.8. The summed E-state index contributed by atoms with van der Waals surface area (Å²) in [5.41, 5.74) is 1.84. The Morgan fingerprint density at radius 1 is 1.00 bits per heavy atom. The van der Waals surface area contributed by atoms with Gasteiger partial charge in [0.25, 0.3) is 0 Å². The van der Waals surface area contributed by atoms with E-state index < -0.39 is 0 Å². The number of aromatic nitrogens is 1. The van der Waals surface area contributed by atoms with E-state index in [2.05, 4.69) is 15.2 Å². The molecule has 2 aromatic carbocycles. The third kappa shape index (κ3) is 4.58. The predicted octanol–water partition coefficient (Wildman–Crippen LogP) is 3.83. The average Bonchev–Trinajstić information content (AvgIpc) is 2.66. The van der Waals surface area contributed by atoms with Crippen LogP contribution in [0, 0.1) is 0 Å². The van der Waals surface area contributed by atoms with Crippen molar-refractivity contribution in [3.05, 3.63) is 72.6 Å². The number of rotatable bonds is 6. The second-order valence-electron chi connectivity index (χ2n) is 6.54. The van der Waals surface area contributed by atoms with Crippen LogP contribution in [-0.2, 0) is 6.54 Å². The molecule has 5 nitrogen and oxygen atoms in total. The Labute approximate surface area is 154 Å². The molecule has 0 radical (unpaired) electrons. The van der Waals surface area contributed by atoms with Crippen molar-refractivity contribution in [2.24, 2.45) is 0 Å². The number of carbonyl (C=O) groups excluding carboxylic acids is 1. The summed E-state index contributed by atoms with van der Waals surface area (Å²) in [7, 11) is 4.01. The molecule has 1 aromatic heterocycles. The zero-order valence-corrected chi connectivity index (χ0v) is 15.2. The van der Waals surface area contributed by atoms with Crippen LogP contribution < -0.4 is 5.32 Å². The highest BCUT2D eigenvalue weighted by Crippen LogP contribution is 2.23. The highest BCUT2D eigenvalue weighted by molar-refractivity contribution is 6.01. The molecule has 134 valence electrons. The summed E-state index contributed by atoms with van der Waals surface area (Å²) >= 11 is 0. The summed E-state index contributed by atoms with van der Waals surface area (Å²) in [5.74, 6) is 0. The second-order valence-corrected chi connectivity index (χ2v) is 6.54. The first-order valence-corrected chi connectivity index (χ1v) is 8.71. The van der Waals surface area contributed by atoms with E-state index in [4.69, 9.17) is 0 Å². The van der Waals surface area contributed by atoms with Gasteiger partial charge in [0.2, 0.25) is 0 Å². The molecule has 0 saturated heterocycles. The van der Waals surface area contributed by atoms with Gasteiger partial charge in [-0.3, -0.25) is 4.98 Å². The number of anilines is 1. The monoisotopic (exact) mass is 348 g/mol. The number of fused-ring (bicyclic) bond motifs is 1. The minimum absolute atomic E-state index is 0.105. The molecule has 0 spiro atoms. The van der Waals surface area contributed by atoms with Crippen LogP contribution >= 0.6 is 0 Å². The Morgan fingerprint density at radius 3 is 2.58 bits per heavy atom. The highest BCUT2D eigenvalue weighted by Gasteiger charge is 2.15. The van der Waals surface area contributed by atoms with E-state index in [1.165, 1.54) is 0 Å². The first-order chi connectivity index (χ1) is 12.6. The van der Waals surface area contributed by atoms with Gasteiger partial charge in [-0.1, -0.05) is 42.5 Å². The van der Waals surface area contributed by atoms with Gasteiger partial charge in [-0.25, -0.2) is 4.79 Å². The third-order valence-electron chi connectivity index (χ3n) is 4.23. The van der Waals surface area contributed by atoms with Crippen molar-refractivity contribution in [2.45, 2.75) is 6.54 Å². The molecule has 1 heterocycles. The van der Waals surface area contributed by atoms with Gasteiger partial charge in [-0.05, 0) is 37.2 Å². The van der Waals surface area contributed by atoms with E-state index in [-0.39, 0.29) is 6.03 Å². The molecule has 26 heavy (non-hydrogen) atoms. The smallest absolute Gasteiger partial charge is 0.319 e. The summed E-state index contributed by atoms with van der Waals surface area (Å²) in [6.45, 7) is 1.96. The lowest BCUT2D eigenvalue weighted by Gasteiger charge is -2.25. The van der Waals surface area contributed by atoms with Crippen molar-refractivity contribution in [3.63, 3.8) is 0 Å². The fraction of sp³-hybridized carbons (Fsp3) is 0.238. The van der Waals surface area contributed by atoms with Crippen LogP contribution in [0.3, 0.4) is 0 Å². The maximum Gasteiger partial charge on any atom is 0.322 e. The first kappa shape index (κ1) is 17.9. The number of likely N-dealkylation sites (N-methyl/N-ethyl adjacent to an activating group) is 1. The molecule has 0 aliphatic carbocycles. The zero-order chi connectivity index (χ0) is 18.4. The summed E-state index contributed by atoms with van der Waals surface area (Å²) in [4.78, 5) is 21.0. The predicted molar refractivity (Wildman–Crippen MR) is 106 cm³/mol. The number of benzene rings is 2. The summed E-state index contributed by atoms with van der Waals surface area (Å²) < 4.78 is 0. The van der Waals surface area contributed by atoms with E-state index in [9.17, 15) is 4.79 Å². The molecule has 0 saturated carbocycles. The van der Waals surface area contributed by atoms with Crippen molar-refractivity contribution in [2.75, 3.05) is 32.5 Å². The maximum atomic E-state index is 12.9. The molecular weight excluding hydrogens is 324 g/mol. The number of urea groups is 1. The molecule has 1 N–H and O–H groups in total. The second kappa shape index (κ2) is 8.45. The molecule has 2 amide bonds. The molecular formula is C21H24N4O. The molecule has 0 aliphatic heterocycles. The Kier molecular flexibility index (Phi) is 5.81. The zero-order valence-electron chi connectivity index (χ0n) is 15.2. The van der Waals surface area contributed by atoms with E-state index in [0.29, 0.717) is 13.1 Å². The van der Waals surface area contributed by atoms with E-state index in [1.807, 2.05) is 73.6 Å². The van der Waals surface area contributed by atoms with Crippen molar-refractivity contribution in [1.82, 2.24) is 14.8 Å². The minimum Gasteiger partial charge on any atom is -0.319 e. The maximum absolute atomic E-state index is 12.9. The van der Waals surface area contributed by atoms with Crippen molar-refractivity contribution in [1.29, 1.82) is 0 Å². The molecule has 0 aliphatic rings. The van der Waals surface area contributed by atoms with Gasteiger partial charge in [-0.2, -0.15) is 0 Å². The summed E-state index contributed by atoms with van der Waals surface area (Å²) in [6.07, 6.45) is 3.54. The average molecular weight is 348 g/mol. The number of nitrogens with zero attached hydrogens (tertiary/aromatic N) is 3. The fourth-order valence-electron chi connectivity index (χ4n) is 2.81. The topological polar surface area (TPSA) is 48.5 Å². The molecule has 0 fully saturated rings. The van der Waals surface area contributed by atoms with Gasteiger partial charge < -0.3 is 15.1 Å². The minimum atomic E-state index is -0.105. The van der Waals surface area contributed by atoms with Crippen LogP contribution in [0.25, 0.3) is 10.8 Å². The molecule has 3 rings (SSSR count). The van der Waals surface area contributed by atoms with Crippen molar-refractivity contribution < 1.29 is 4.79 Å². The van der Waals surface area contributed by atoms with Crippen molar-refractivity contribution >= 4 is 22.5 Å². The van der Waals surface area contributed by atoms with Gasteiger partial charge in [0, 0.05) is 37.4 Å². The number of carbonyl (C=O) groups is 1. The van der Waals surface area contributed by atoms with Gasteiger partial charge in [-0.15, -0.1) is 0 Å². The van der Waals surface area contributed by atoms with Crippen LogP contribution in [0.15, 0.2) is 67.0 Å². The number of hydrogen-bond acceptors (Lipinski definition) is 3. The van der Waals surface area contributed by atoms with Crippen molar-refractivity contribution in [3.8, 4) is 0 Å². The Hall–Kier alpha value is -2.92. The molecule has 0 atom stereocenters. The van der Waals surface area contributed by atoms with Gasteiger partial charge in [0.15, 0.2) is 0 Å². The van der Waals surface area contributed by atoms with Crippen LogP contribution in [0.4, 0.5) is 10.5 Å². The fourth-order valence-corrected chi connectivity index (χ4v) is 2.81. The van der Waals surface area contributed by atoms with E-state index in [1.54, 1.807) is 12.4 Å². The Balaban J connectivity index is 1.79. The van der Waals surface area contributed by atoms with Crippen LogP contribution in [0.5, 0.6) is 0 Å². The lowest BCUT2D eigenvalue weighted by molar-refractivity contribution is 0.202. The standard InChI is InChI=1S/C21H24N4O/c1-24(2)13-14-25(16-17-7-6-12-22-15-17)21(26)23-20-11-5-9-18-8-3-4-10-19(18)20/h3-12,15H,13-14,16H2,1-2H3,(H,23,26). The first-order valence-electron chi connectivity index (χ1n) is 8.71. The van der Waals surface area contributed by atoms with Crippen LogP contribution in [0.2, 0.25) is 0 Å². The molecule has 0 bridgehead atoms. The van der Waals surface area contributed by atoms with E-state index in [0.717, 1.165) is 28.6 Å². The molecule has 3 aromatic rings. The lowest BCUT2D eigenvalue weighted by Crippen LogP contribution is -2.39. The number of pyridine rings is 1. The Morgan fingerprint density at radius 2 is 1.81 bits per heavy atom.